The molecule has 1 aliphatic rings. The number of carbonyl (C=O) groups excluding carboxylic acids is 2. The molecule has 0 aromatic heterocycles. The number of piperazine rings is 1. The maximum absolute atomic E-state index is 11.5. The Bertz CT molecular complexity index is 324. The smallest absolute Gasteiger partial charge is 0.320 e. The van der Waals surface area contributed by atoms with Crippen LogP contribution in [0.1, 0.15) is 20.8 Å². The Morgan fingerprint density at radius 3 is 2.53 bits per heavy atom. The van der Waals surface area contributed by atoms with Crippen LogP contribution in [0.3, 0.4) is 0 Å². The number of carboxylic acids is 1. The van der Waals surface area contributed by atoms with E-state index in [-0.39, 0.29) is 6.54 Å². The number of amides is 2. The van der Waals surface area contributed by atoms with Gasteiger partial charge in [-0.05, 0) is 20.8 Å². The lowest BCUT2D eigenvalue weighted by atomic mass is 9.96. The van der Waals surface area contributed by atoms with E-state index in [1.807, 2.05) is 0 Å². The third kappa shape index (κ3) is 1.99. The predicted octanol–water partition coefficient (Wildman–Crippen LogP) is -0.803. The fraction of sp³-hybridized carbons (Fsp3) is 0.667. The number of aliphatic carboxylic acids is 1. The van der Waals surface area contributed by atoms with Crippen LogP contribution in [0, 0.1) is 0 Å². The van der Waals surface area contributed by atoms with Crippen LogP contribution in [-0.2, 0) is 14.4 Å². The molecular formula is C9H14N2O4. The molecule has 1 rings (SSSR count). The second-order valence-electron chi connectivity index (χ2n) is 4.08. The van der Waals surface area contributed by atoms with Crippen molar-refractivity contribution in [3.05, 3.63) is 0 Å². The first-order valence-electron chi connectivity index (χ1n) is 4.60. The van der Waals surface area contributed by atoms with E-state index in [1.54, 1.807) is 13.8 Å². The summed E-state index contributed by atoms with van der Waals surface area (Å²) in [4.78, 5) is 34.8. The van der Waals surface area contributed by atoms with Crippen LogP contribution in [0.15, 0.2) is 0 Å². The normalized spacial score (nSPS) is 23.4. The van der Waals surface area contributed by atoms with Crippen LogP contribution in [0.2, 0.25) is 0 Å². The molecule has 0 saturated carbocycles. The predicted molar refractivity (Wildman–Crippen MR) is 51.0 cm³/mol. The standard InChI is InChI=1S/C9H14N2O4/c1-5(7(13)14)11-4-6(12)10-8(15)9(11,2)3/h5H,4H2,1-3H3,(H,13,14)(H,10,12,15). The van der Waals surface area contributed by atoms with Gasteiger partial charge in [-0.3, -0.25) is 24.6 Å². The Balaban J connectivity index is 2.98. The van der Waals surface area contributed by atoms with Gasteiger partial charge in [0.1, 0.15) is 6.04 Å². The Hall–Kier alpha value is -1.43. The van der Waals surface area contributed by atoms with Crippen molar-refractivity contribution in [3.63, 3.8) is 0 Å². The molecule has 1 aliphatic heterocycles. The van der Waals surface area contributed by atoms with Crippen molar-refractivity contribution in [2.24, 2.45) is 0 Å². The van der Waals surface area contributed by atoms with Crippen molar-refractivity contribution < 1.29 is 19.5 Å². The lowest BCUT2D eigenvalue weighted by Crippen LogP contribution is -2.67. The molecule has 0 aromatic carbocycles. The zero-order chi connectivity index (χ0) is 11.8. The van der Waals surface area contributed by atoms with E-state index in [9.17, 15) is 14.4 Å². The van der Waals surface area contributed by atoms with E-state index in [0.29, 0.717) is 0 Å². The van der Waals surface area contributed by atoms with E-state index in [2.05, 4.69) is 5.32 Å². The average molecular weight is 214 g/mol. The SMILES string of the molecule is CC(C(=O)O)N1CC(=O)NC(=O)C1(C)C. The van der Waals surface area contributed by atoms with Crippen molar-refractivity contribution in [1.29, 1.82) is 0 Å². The molecule has 0 spiro atoms. The molecule has 2 N–H and O–H groups in total. The summed E-state index contributed by atoms with van der Waals surface area (Å²) >= 11 is 0. The number of hydrogen-bond donors (Lipinski definition) is 2. The first kappa shape index (κ1) is 11.6. The second-order valence-corrected chi connectivity index (χ2v) is 4.08. The first-order chi connectivity index (χ1) is 6.76. The number of nitrogens with zero attached hydrogens (tertiary/aromatic N) is 1. The Morgan fingerprint density at radius 2 is 2.07 bits per heavy atom. The van der Waals surface area contributed by atoms with Gasteiger partial charge in [0, 0.05) is 0 Å². The molecular weight excluding hydrogens is 200 g/mol. The lowest BCUT2D eigenvalue weighted by molar-refractivity contribution is -0.154. The number of imide groups is 1. The molecule has 1 unspecified atom stereocenters. The maximum atomic E-state index is 11.5. The van der Waals surface area contributed by atoms with E-state index >= 15 is 0 Å². The molecule has 1 atom stereocenters. The van der Waals surface area contributed by atoms with E-state index in [4.69, 9.17) is 5.11 Å². The molecule has 0 radical (unpaired) electrons. The Kier molecular flexibility index (Phi) is 2.81. The van der Waals surface area contributed by atoms with E-state index in [1.165, 1.54) is 11.8 Å². The molecule has 2 amide bonds. The van der Waals surface area contributed by atoms with Gasteiger partial charge in [0.15, 0.2) is 0 Å². The van der Waals surface area contributed by atoms with E-state index in [0.717, 1.165) is 0 Å². The summed E-state index contributed by atoms with van der Waals surface area (Å²) in [5, 5.41) is 11.0. The first-order valence-corrected chi connectivity index (χ1v) is 4.60. The summed E-state index contributed by atoms with van der Waals surface area (Å²) in [5.74, 6) is -1.98. The molecule has 6 heteroatoms. The minimum Gasteiger partial charge on any atom is -0.480 e. The maximum Gasteiger partial charge on any atom is 0.320 e. The number of hydrogen-bond acceptors (Lipinski definition) is 4. The van der Waals surface area contributed by atoms with Gasteiger partial charge >= 0.3 is 5.97 Å². The number of nitrogens with one attached hydrogen (secondary N) is 1. The average Bonchev–Trinajstić information content (AvgIpc) is 2.10. The Morgan fingerprint density at radius 1 is 1.53 bits per heavy atom. The molecule has 0 aromatic rings. The largest absolute Gasteiger partial charge is 0.480 e. The topological polar surface area (TPSA) is 86.7 Å². The van der Waals surface area contributed by atoms with Crippen LogP contribution in [-0.4, -0.2) is 45.9 Å². The zero-order valence-electron chi connectivity index (χ0n) is 8.90. The molecule has 0 bridgehead atoms. The molecule has 1 fully saturated rings. The number of carboxylic acid groups (broad SMARTS) is 1. The van der Waals surface area contributed by atoms with Crippen LogP contribution in [0.4, 0.5) is 0 Å². The van der Waals surface area contributed by atoms with Crippen molar-refractivity contribution in [2.45, 2.75) is 32.4 Å². The third-order valence-electron chi connectivity index (χ3n) is 2.67. The minimum absolute atomic E-state index is 0.0772. The van der Waals surface area contributed by atoms with Crippen LogP contribution in [0.25, 0.3) is 0 Å². The highest BCUT2D eigenvalue weighted by atomic mass is 16.4. The zero-order valence-corrected chi connectivity index (χ0v) is 8.90. The summed E-state index contributed by atoms with van der Waals surface area (Å²) in [7, 11) is 0. The van der Waals surface area contributed by atoms with Gasteiger partial charge in [-0.1, -0.05) is 0 Å². The molecule has 0 aliphatic carbocycles. The molecule has 6 nitrogen and oxygen atoms in total. The number of carbonyl (C=O) groups is 3. The summed E-state index contributed by atoms with van der Waals surface area (Å²) in [6.07, 6.45) is 0. The quantitative estimate of drug-likeness (QED) is 0.587. The molecule has 84 valence electrons. The highest BCUT2D eigenvalue weighted by molar-refractivity contribution is 6.03. The second kappa shape index (κ2) is 3.62. The van der Waals surface area contributed by atoms with Gasteiger partial charge in [-0.15, -0.1) is 0 Å². The summed E-state index contributed by atoms with van der Waals surface area (Å²) in [6.45, 7) is 4.56. The van der Waals surface area contributed by atoms with Gasteiger partial charge in [0.25, 0.3) is 0 Å². The molecule has 1 saturated heterocycles. The summed E-state index contributed by atoms with van der Waals surface area (Å²) < 4.78 is 0. The number of rotatable bonds is 2. The van der Waals surface area contributed by atoms with Crippen molar-refractivity contribution in [2.75, 3.05) is 6.54 Å². The lowest BCUT2D eigenvalue weighted by Gasteiger charge is -2.42. The van der Waals surface area contributed by atoms with Crippen molar-refractivity contribution in [3.8, 4) is 0 Å². The van der Waals surface area contributed by atoms with Crippen molar-refractivity contribution in [1.82, 2.24) is 10.2 Å². The highest BCUT2D eigenvalue weighted by Crippen LogP contribution is 2.20. The third-order valence-corrected chi connectivity index (χ3v) is 2.67. The highest BCUT2D eigenvalue weighted by Gasteiger charge is 2.44. The summed E-state index contributed by atoms with van der Waals surface area (Å²) in [6, 6.07) is -0.866. The van der Waals surface area contributed by atoms with Gasteiger partial charge in [0.2, 0.25) is 11.8 Å². The van der Waals surface area contributed by atoms with E-state index < -0.39 is 29.4 Å². The molecule has 1 heterocycles. The monoisotopic (exact) mass is 214 g/mol. The minimum atomic E-state index is -1.05. The van der Waals surface area contributed by atoms with Crippen LogP contribution < -0.4 is 5.32 Å². The van der Waals surface area contributed by atoms with Gasteiger partial charge in [-0.25, -0.2) is 0 Å². The van der Waals surface area contributed by atoms with Crippen LogP contribution in [0.5, 0.6) is 0 Å². The van der Waals surface area contributed by atoms with Gasteiger partial charge in [-0.2, -0.15) is 0 Å². The molecule has 15 heavy (non-hydrogen) atoms. The van der Waals surface area contributed by atoms with Gasteiger partial charge < -0.3 is 5.11 Å². The van der Waals surface area contributed by atoms with Gasteiger partial charge in [0.05, 0.1) is 12.1 Å². The summed E-state index contributed by atoms with van der Waals surface area (Å²) in [5.41, 5.74) is -0.980. The fourth-order valence-electron chi connectivity index (χ4n) is 1.56. The van der Waals surface area contributed by atoms with Crippen LogP contribution >= 0.6 is 0 Å². The van der Waals surface area contributed by atoms with Crippen molar-refractivity contribution >= 4 is 17.8 Å². The Labute approximate surface area is 87.2 Å². The fourth-order valence-corrected chi connectivity index (χ4v) is 1.56.